The summed E-state index contributed by atoms with van der Waals surface area (Å²) < 4.78 is 22.8. The van der Waals surface area contributed by atoms with Crippen molar-refractivity contribution in [1.29, 1.82) is 0 Å². The van der Waals surface area contributed by atoms with Gasteiger partial charge in [0.05, 0.1) is 40.3 Å². The van der Waals surface area contributed by atoms with E-state index < -0.39 is 24.3 Å². The lowest BCUT2D eigenvalue weighted by Crippen LogP contribution is -2.44. The first-order valence-electron chi connectivity index (χ1n) is 36.3. The van der Waals surface area contributed by atoms with Gasteiger partial charge in [0.1, 0.15) is 13.2 Å². The molecule has 0 saturated carbocycles. The largest absolute Gasteiger partial charge is 0.545 e. The van der Waals surface area contributed by atoms with E-state index in [1.165, 1.54) is 161 Å². The van der Waals surface area contributed by atoms with E-state index in [0.717, 1.165) is 103 Å². The van der Waals surface area contributed by atoms with Crippen LogP contribution in [-0.4, -0.2) is 82.3 Å². The van der Waals surface area contributed by atoms with Crippen LogP contribution in [0.25, 0.3) is 0 Å². The number of hydrogen-bond donors (Lipinski definition) is 0. The number of unbranched alkanes of at least 4 members (excludes halogenated alkanes) is 29. The SMILES string of the molecule is CC/C=C\C/C=C\C/C=C\C/C=C\C/C=C\C/C=C\C/C=C\C/C=C\CCCCCCCCCCCCCCC(=O)OC(COC(=O)CCCCCCCCCCCCCC/C=C\C/C=C\C/C=C\CCCCCCC)COC(OCC[N+](C)(C)C)C(=O)[O-]. The average Bonchev–Trinajstić information content (AvgIpc) is 3.70. The molecule has 0 N–H and O–H groups in total. The standard InChI is InChI=1S/C80H135NO8/c1-6-8-10-12-14-16-18-20-22-24-26-28-30-32-34-35-36-37-38-39-40-41-42-43-45-47-49-51-53-55-57-59-61-63-65-67-69-71-78(83)89-76(75-88-80(79(84)85)86-73-72-81(3,4)5)74-87-77(82)70-68-66-64-62-60-58-56-54-52-50-48-46-44-33-31-29-27-25-23-21-19-17-15-13-11-9-7-2/h8,10,14,16,19-22,25-28,31-34,36-37,39-40,42-43,76,80H,6-7,9,11-13,15,17-18,23-24,29-30,35,38,41,44-75H2,1-5H3/b10-8-,16-14-,21-19-,22-20-,27-25-,28-26-,33-31-,34-32-,37-36-,40-39-,43-42-. The zero-order valence-electron chi connectivity index (χ0n) is 58.0. The van der Waals surface area contributed by atoms with E-state index >= 15 is 0 Å². The van der Waals surface area contributed by atoms with Crippen LogP contribution < -0.4 is 5.11 Å². The molecule has 0 amide bonds. The summed E-state index contributed by atoms with van der Waals surface area (Å²) in [6.45, 7) is 4.63. The van der Waals surface area contributed by atoms with Crippen molar-refractivity contribution < 1.29 is 42.9 Å². The maximum Gasteiger partial charge on any atom is 0.306 e. The number of esters is 2. The number of hydrogen-bond acceptors (Lipinski definition) is 8. The van der Waals surface area contributed by atoms with E-state index in [2.05, 4.69) is 148 Å². The quantitative estimate of drug-likeness (QED) is 0.0195. The molecule has 9 heteroatoms. The predicted molar refractivity (Wildman–Crippen MR) is 379 cm³/mol. The van der Waals surface area contributed by atoms with Gasteiger partial charge in [-0.3, -0.25) is 9.59 Å². The molecular formula is C80H135NO8. The number of allylic oxidation sites excluding steroid dienone is 22. The van der Waals surface area contributed by atoms with Crippen molar-refractivity contribution >= 4 is 17.9 Å². The van der Waals surface area contributed by atoms with E-state index in [4.69, 9.17) is 18.9 Å². The number of likely N-dealkylation sites (N-methyl/N-ethyl adjacent to an activating group) is 1. The zero-order valence-corrected chi connectivity index (χ0v) is 58.0. The van der Waals surface area contributed by atoms with E-state index in [-0.39, 0.29) is 38.6 Å². The summed E-state index contributed by atoms with van der Waals surface area (Å²) >= 11 is 0. The zero-order chi connectivity index (χ0) is 64.7. The van der Waals surface area contributed by atoms with Gasteiger partial charge in [-0.2, -0.15) is 0 Å². The fourth-order valence-electron chi connectivity index (χ4n) is 9.86. The molecule has 0 fully saturated rings. The lowest BCUT2D eigenvalue weighted by atomic mass is 10.0. The van der Waals surface area contributed by atoms with Crippen molar-refractivity contribution in [3.05, 3.63) is 134 Å². The second kappa shape index (κ2) is 69.3. The first-order valence-corrected chi connectivity index (χ1v) is 36.3. The molecule has 0 aliphatic rings. The number of nitrogens with zero attached hydrogens (tertiary/aromatic N) is 1. The Morgan fingerprint density at radius 1 is 0.348 bits per heavy atom. The van der Waals surface area contributed by atoms with Crippen LogP contribution in [0.3, 0.4) is 0 Å². The molecule has 0 aliphatic carbocycles. The number of rotatable bonds is 66. The third kappa shape index (κ3) is 70.7. The van der Waals surface area contributed by atoms with Crippen molar-refractivity contribution in [2.75, 3.05) is 47.5 Å². The number of quaternary nitrogens is 1. The monoisotopic (exact) mass is 1240 g/mol. The van der Waals surface area contributed by atoms with Gasteiger partial charge in [0.15, 0.2) is 12.4 Å². The molecule has 0 aromatic rings. The van der Waals surface area contributed by atoms with Gasteiger partial charge >= 0.3 is 11.9 Å². The van der Waals surface area contributed by atoms with Crippen LogP contribution in [0.1, 0.15) is 296 Å². The molecular weight excluding hydrogens is 1100 g/mol. The van der Waals surface area contributed by atoms with Crippen LogP contribution >= 0.6 is 0 Å². The summed E-state index contributed by atoms with van der Waals surface area (Å²) in [5.74, 6) is -2.29. The van der Waals surface area contributed by atoms with E-state index in [1.54, 1.807) is 0 Å². The molecule has 0 spiro atoms. The highest BCUT2D eigenvalue weighted by molar-refractivity contribution is 5.70. The van der Waals surface area contributed by atoms with Crippen molar-refractivity contribution in [1.82, 2.24) is 0 Å². The Kier molecular flexibility index (Phi) is 65.8. The van der Waals surface area contributed by atoms with E-state index in [9.17, 15) is 19.5 Å². The fraction of sp³-hybridized carbons (Fsp3) is 0.688. The third-order valence-electron chi connectivity index (χ3n) is 15.4. The molecule has 9 nitrogen and oxygen atoms in total. The molecule has 0 aliphatic heterocycles. The summed E-state index contributed by atoms with van der Waals surface area (Å²) in [5.41, 5.74) is 0. The van der Waals surface area contributed by atoms with Crippen molar-refractivity contribution in [3.63, 3.8) is 0 Å². The highest BCUT2D eigenvalue weighted by atomic mass is 16.7. The summed E-state index contributed by atoms with van der Waals surface area (Å²) in [5, 5.41) is 11.8. The smallest absolute Gasteiger partial charge is 0.306 e. The van der Waals surface area contributed by atoms with Crippen LogP contribution in [0.2, 0.25) is 0 Å². The summed E-state index contributed by atoms with van der Waals surface area (Å²) in [6.07, 6.45) is 96.7. The first kappa shape index (κ1) is 84.4. The van der Waals surface area contributed by atoms with Crippen molar-refractivity contribution in [2.24, 2.45) is 0 Å². The fourth-order valence-corrected chi connectivity index (χ4v) is 9.86. The Bertz CT molecular complexity index is 1930. The van der Waals surface area contributed by atoms with Crippen LogP contribution in [0.15, 0.2) is 134 Å². The van der Waals surface area contributed by atoms with Crippen molar-refractivity contribution in [2.45, 2.75) is 309 Å². The van der Waals surface area contributed by atoms with E-state index in [0.29, 0.717) is 17.4 Å². The minimum Gasteiger partial charge on any atom is -0.545 e. The number of carbonyl (C=O) groups is 3. The predicted octanol–water partition coefficient (Wildman–Crippen LogP) is 21.6. The maximum absolute atomic E-state index is 12.9. The number of carboxylic acid groups (broad SMARTS) is 1. The van der Waals surface area contributed by atoms with Crippen LogP contribution in [0, 0.1) is 0 Å². The normalized spacial score (nSPS) is 13.5. The van der Waals surface area contributed by atoms with Gasteiger partial charge in [-0.1, -0.05) is 302 Å². The molecule has 0 rings (SSSR count). The van der Waals surface area contributed by atoms with Crippen LogP contribution in [0.5, 0.6) is 0 Å². The summed E-state index contributed by atoms with van der Waals surface area (Å²) in [6, 6.07) is 0. The third-order valence-corrected chi connectivity index (χ3v) is 15.4. The molecule has 0 radical (unpaired) electrons. The molecule has 0 saturated heterocycles. The summed E-state index contributed by atoms with van der Waals surface area (Å²) in [7, 11) is 5.93. The topological polar surface area (TPSA) is 111 Å². The van der Waals surface area contributed by atoms with Crippen molar-refractivity contribution in [3.8, 4) is 0 Å². The first-order chi connectivity index (χ1) is 43.6. The highest BCUT2D eigenvalue weighted by Crippen LogP contribution is 2.17. The minimum atomic E-state index is -1.63. The lowest BCUT2D eigenvalue weighted by Gasteiger charge is -2.26. The Labute approximate surface area is 548 Å². The number of ether oxygens (including phenoxy) is 4. The molecule has 89 heavy (non-hydrogen) atoms. The minimum absolute atomic E-state index is 0.142. The Morgan fingerprint density at radius 3 is 0.955 bits per heavy atom. The molecule has 0 aromatic carbocycles. The molecule has 0 aromatic heterocycles. The lowest BCUT2D eigenvalue weighted by molar-refractivity contribution is -0.870. The molecule has 508 valence electrons. The molecule has 0 bridgehead atoms. The molecule has 2 atom stereocenters. The second-order valence-electron chi connectivity index (χ2n) is 25.1. The number of carbonyl (C=O) groups excluding carboxylic acids is 3. The molecule has 0 heterocycles. The Hall–Kier alpha value is -4.57. The van der Waals surface area contributed by atoms with Gasteiger partial charge in [0, 0.05) is 12.8 Å². The van der Waals surface area contributed by atoms with Crippen LogP contribution in [0.4, 0.5) is 0 Å². The number of carboxylic acids is 1. The van der Waals surface area contributed by atoms with Gasteiger partial charge in [-0.15, -0.1) is 0 Å². The summed E-state index contributed by atoms with van der Waals surface area (Å²) in [4.78, 5) is 37.5. The highest BCUT2D eigenvalue weighted by Gasteiger charge is 2.22. The van der Waals surface area contributed by atoms with Gasteiger partial charge in [0.25, 0.3) is 0 Å². The van der Waals surface area contributed by atoms with Gasteiger partial charge < -0.3 is 33.3 Å². The number of aliphatic carboxylic acids is 1. The van der Waals surface area contributed by atoms with Gasteiger partial charge in [0.2, 0.25) is 0 Å². The Balaban J connectivity index is 4.14. The van der Waals surface area contributed by atoms with Crippen LogP contribution in [-0.2, 0) is 33.3 Å². The van der Waals surface area contributed by atoms with E-state index in [1.807, 2.05) is 21.1 Å². The Morgan fingerprint density at radius 2 is 0.640 bits per heavy atom. The second-order valence-corrected chi connectivity index (χ2v) is 25.1. The average molecular weight is 1240 g/mol. The van der Waals surface area contributed by atoms with Gasteiger partial charge in [-0.25, -0.2) is 0 Å². The maximum atomic E-state index is 12.9. The molecule has 2 unspecified atom stereocenters. The van der Waals surface area contributed by atoms with Gasteiger partial charge in [-0.05, 0) is 116 Å².